The predicted octanol–water partition coefficient (Wildman–Crippen LogP) is 6.09. The summed E-state index contributed by atoms with van der Waals surface area (Å²) in [5.74, 6) is 2.45. The lowest BCUT2D eigenvalue weighted by Crippen LogP contribution is -2.36. The summed E-state index contributed by atoms with van der Waals surface area (Å²) in [5.41, 5.74) is 0. The van der Waals surface area contributed by atoms with Gasteiger partial charge in [0.15, 0.2) is 5.82 Å². The third-order valence-electron chi connectivity index (χ3n) is 7.12. The largest absolute Gasteiger partial charge is 0.337 e. The normalized spacial score (nSPS) is 27.7. The molecule has 1 saturated heterocycles. The van der Waals surface area contributed by atoms with Crippen molar-refractivity contribution in [2.24, 2.45) is 5.92 Å². The molecule has 2 fully saturated rings. The second kappa shape index (κ2) is 10.4. The van der Waals surface area contributed by atoms with Crippen LogP contribution >= 0.6 is 0 Å². The van der Waals surface area contributed by atoms with Crippen molar-refractivity contribution >= 4 is 5.91 Å². The molecule has 29 heavy (non-hydrogen) atoms. The van der Waals surface area contributed by atoms with Crippen molar-refractivity contribution in [3.8, 4) is 0 Å². The summed E-state index contributed by atoms with van der Waals surface area (Å²) >= 11 is 0. The number of aromatic nitrogens is 2. The minimum Gasteiger partial charge on any atom is -0.337 e. The maximum Gasteiger partial charge on any atom is 0.249 e. The fourth-order valence-electron chi connectivity index (χ4n) is 5.37. The van der Waals surface area contributed by atoms with Crippen molar-refractivity contribution in [1.82, 2.24) is 15.0 Å². The fraction of sp³-hybridized carbons (Fsp3) is 0.792. The quantitative estimate of drug-likeness (QED) is 0.577. The highest BCUT2D eigenvalue weighted by atomic mass is 16.5. The predicted molar refractivity (Wildman–Crippen MR) is 113 cm³/mol. The van der Waals surface area contributed by atoms with Gasteiger partial charge in [-0.2, -0.15) is 4.98 Å². The average molecular weight is 400 g/mol. The minimum atomic E-state index is -0.0129. The van der Waals surface area contributed by atoms with Crippen LogP contribution in [-0.2, 0) is 4.79 Å². The Kier molecular flexibility index (Phi) is 7.39. The van der Waals surface area contributed by atoms with Crippen LogP contribution in [0.25, 0.3) is 0 Å². The van der Waals surface area contributed by atoms with Crippen LogP contribution in [0.2, 0.25) is 0 Å². The van der Waals surface area contributed by atoms with E-state index in [2.05, 4.69) is 22.2 Å². The molecule has 4 rings (SSSR count). The lowest BCUT2D eigenvalue weighted by atomic mass is 9.92. The van der Waals surface area contributed by atoms with Gasteiger partial charge in [0.2, 0.25) is 11.8 Å². The minimum absolute atomic E-state index is 0.0129. The molecule has 0 radical (unpaired) electrons. The average Bonchev–Trinajstić information content (AvgIpc) is 3.38. The van der Waals surface area contributed by atoms with Gasteiger partial charge in [0.1, 0.15) is 6.04 Å². The first kappa shape index (κ1) is 20.6. The Labute approximate surface area is 175 Å². The number of hydrogen-bond acceptors (Lipinski definition) is 4. The molecule has 1 saturated carbocycles. The van der Waals surface area contributed by atoms with Crippen LogP contribution < -0.4 is 0 Å². The maximum atomic E-state index is 13.3. The SMILES string of the molecule is O=C(C1CCC=CCCC1)N1CCCC1c1nc(C2CCCCCCCC2)no1. The molecular weight excluding hydrogens is 362 g/mol. The van der Waals surface area contributed by atoms with Crippen molar-refractivity contribution in [1.29, 1.82) is 0 Å². The third-order valence-corrected chi connectivity index (χ3v) is 7.12. The fourth-order valence-corrected chi connectivity index (χ4v) is 5.37. The second-order valence-corrected chi connectivity index (χ2v) is 9.25. The van der Waals surface area contributed by atoms with Gasteiger partial charge in [-0.1, -0.05) is 55.8 Å². The number of likely N-dealkylation sites (tertiary alicyclic amines) is 1. The van der Waals surface area contributed by atoms with Crippen molar-refractivity contribution in [2.75, 3.05) is 6.54 Å². The molecule has 160 valence electrons. The van der Waals surface area contributed by atoms with Crippen LogP contribution in [0.3, 0.4) is 0 Å². The molecule has 0 spiro atoms. The van der Waals surface area contributed by atoms with Crippen LogP contribution in [0, 0.1) is 5.92 Å². The van der Waals surface area contributed by atoms with E-state index in [4.69, 9.17) is 9.51 Å². The standard InChI is InChI=1S/C24H37N3O2/c28-24(20-15-10-6-3-7-11-16-20)27-18-12-17-21(27)23-25-22(26-29-23)19-13-8-4-1-2-5-9-14-19/h3,6,19-21H,1-2,4-5,7-18H2. The van der Waals surface area contributed by atoms with Gasteiger partial charge < -0.3 is 9.42 Å². The summed E-state index contributed by atoms with van der Waals surface area (Å²) in [6.07, 6.45) is 21.9. The van der Waals surface area contributed by atoms with Crippen LogP contribution in [0.4, 0.5) is 0 Å². The molecule has 0 aromatic carbocycles. The molecule has 1 amide bonds. The smallest absolute Gasteiger partial charge is 0.249 e. The van der Waals surface area contributed by atoms with E-state index in [1.165, 1.54) is 51.4 Å². The molecule has 2 heterocycles. The highest BCUT2D eigenvalue weighted by Crippen LogP contribution is 2.36. The Bertz CT molecular complexity index is 673. The van der Waals surface area contributed by atoms with Crippen molar-refractivity contribution in [3.63, 3.8) is 0 Å². The Hall–Kier alpha value is -1.65. The van der Waals surface area contributed by atoms with Crippen molar-refractivity contribution in [3.05, 3.63) is 23.9 Å². The van der Waals surface area contributed by atoms with Crippen LogP contribution in [0.1, 0.15) is 120 Å². The van der Waals surface area contributed by atoms with Gasteiger partial charge in [0.05, 0.1) is 0 Å². The van der Waals surface area contributed by atoms with Crippen molar-refractivity contribution < 1.29 is 9.32 Å². The summed E-state index contributed by atoms with van der Waals surface area (Å²) in [6.45, 7) is 0.830. The number of allylic oxidation sites excluding steroid dienone is 2. The molecule has 5 nitrogen and oxygen atoms in total. The molecule has 2 unspecified atom stereocenters. The van der Waals surface area contributed by atoms with E-state index in [0.717, 1.165) is 57.3 Å². The van der Waals surface area contributed by atoms with E-state index in [0.29, 0.717) is 17.7 Å². The number of rotatable bonds is 3. The number of amides is 1. The topological polar surface area (TPSA) is 59.2 Å². The first-order valence-corrected chi connectivity index (χ1v) is 12.1. The third kappa shape index (κ3) is 5.29. The number of nitrogens with zero attached hydrogens (tertiary/aromatic N) is 3. The Morgan fingerprint density at radius 2 is 1.62 bits per heavy atom. The number of carbonyl (C=O) groups excluding carboxylic acids is 1. The van der Waals surface area contributed by atoms with Gasteiger partial charge in [0, 0.05) is 18.4 Å². The Balaban J connectivity index is 1.43. The highest BCUT2D eigenvalue weighted by molar-refractivity contribution is 5.79. The first-order valence-electron chi connectivity index (χ1n) is 12.1. The Morgan fingerprint density at radius 3 is 2.45 bits per heavy atom. The Morgan fingerprint density at radius 1 is 0.862 bits per heavy atom. The molecular formula is C24H37N3O2. The van der Waals surface area contributed by atoms with E-state index in [1.54, 1.807) is 0 Å². The van der Waals surface area contributed by atoms with Gasteiger partial charge in [-0.25, -0.2) is 0 Å². The summed E-state index contributed by atoms with van der Waals surface area (Å²) in [4.78, 5) is 20.2. The molecule has 2 atom stereocenters. The maximum absolute atomic E-state index is 13.3. The van der Waals surface area contributed by atoms with E-state index in [1.807, 2.05) is 0 Å². The molecule has 1 aliphatic heterocycles. The molecule has 1 aromatic rings. The summed E-state index contributed by atoms with van der Waals surface area (Å²) in [7, 11) is 0. The lowest BCUT2D eigenvalue weighted by molar-refractivity contribution is -0.137. The number of carbonyl (C=O) groups is 1. The zero-order valence-corrected chi connectivity index (χ0v) is 17.9. The summed E-state index contributed by atoms with van der Waals surface area (Å²) in [5, 5.41) is 4.39. The van der Waals surface area contributed by atoms with Gasteiger partial charge in [0.25, 0.3) is 0 Å². The van der Waals surface area contributed by atoms with E-state index in [9.17, 15) is 4.79 Å². The molecule has 0 bridgehead atoms. The van der Waals surface area contributed by atoms with Crippen LogP contribution in [0.15, 0.2) is 16.7 Å². The van der Waals surface area contributed by atoms with Gasteiger partial charge >= 0.3 is 0 Å². The lowest BCUT2D eigenvalue weighted by Gasteiger charge is -2.27. The first-order chi connectivity index (χ1) is 14.3. The van der Waals surface area contributed by atoms with Gasteiger partial charge in [-0.15, -0.1) is 0 Å². The summed E-state index contributed by atoms with van der Waals surface area (Å²) < 4.78 is 5.75. The molecule has 5 heteroatoms. The van der Waals surface area contributed by atoms with Gasteiger partial charge in [-0.05, 0) is 57.8 Å². The van der Waals surface area contributed by atoms with E-state index < -0.39 is 0 Å². The van der Waals surface area contributed by atoms with Crippen LogP contribution in [-0.4, -0.2) is 27.5 Å². The monoisotopic (exact) mass is 399 g/mol. The zero-order valence-electron chi connectivity index (χ0n) is 17.9. The second-order valence-electron chi connectivity index (χ2n) is 9.25. The van der Waals surface area contributed by atoms with Gasteiger partial charge in [-0.3, -0.25) is 4.79 Å². The highest BCUT2D eigenvalue weighted by Gasteiger charge is 2.37. The summed E-state index contributed by atoms with van der Waals surface area (Å²) in [6, 6.07) is -0.0129. The van der Waals surface area contributed by atoms with Crippen molar-refractivity contribution in [2.45, 2.75) is 108 Å². The molecule has 2 aliphatic carbocycles. The molecule has 0 N–H and O–H groups in total. The zero-order chi connectivity index (χ0) is 19.9. The molecule has 1 aromatic heterocycles. The molecule has 3 aliphatic rings. The van der Waals surface area contributed by atoms with E-state index in [-0.39, 0.29) is 12.0 Å². The number of hydrogen-bond donors (Lipinski definition) is 0. The van der Waals surface area contributed by atoms with E-state index >= 15 is 0 Å². The van der Waals surface area contributed by atoms with Crippen LogP contribution in [0.5, 0.6) is 0 Å².